The van der Waals surface area contributed by atoms with Crippen LogP contribution >= 0.6 is 11.3 Å². The van der Waals surface area contributed by atoms with Gasteiger partial charge in [0.1, 0.15) is 0 Å². The summed E-state index contributed by atoms with van der Waals surface area (Å²) in [5, 5.41) is 5.24. The second-order valence-electron chi connectivity index (χ2n) is 8.53. The van der Waals surface area contributed by atoms with Gasteiger partial charge in [0, 0.05) is 25.7 Å². The van der Waals surface area contributed by atoms with Gasteiger partial charge in [0.2, 0.25) is 0 Å². The Morgan fingerprint density at radius 3 is 2.24 bits per heavy atom. The number of nitrogens with zero attached hydrogens (tertiary/aromatic N) is 1. The van der Waals surface area contributed by atoms with Gasteiger partial charge in [0.15, 0.2) is 0 Å². The van der Waals surface area contributed by atoms with Crippen molar-refractivity contribution in [1.29, 1.82) is 0 Å². The van der Waals surface area contributed by atoms with Crippen molar-refractivity contribution >= 4 is 54.7 Å². The zero-order valence-electron chi connectivity index (χ0n) is 18.7. The van der Waals surface area contributed by atoms with E-state index in [1.54, 1.807) is 0 Å². The molecule has 0 spiro atoms. The second-order valence-corrected chi connectivity index (χ2v) is 9.61. The van der Waals surface area contributed by atoms with Gasteiger partial charge in [-0.25, -0.2) is 0 Å². The molecule has 0 amide bonds. The van der Waals surface area contributed by atoms with Crippen LogP contribution in [0.5, 0.6) is 0 Å². The maximum Gasteiger partial charge on any atom is 0.0658 e. The number of allylic oxidation sites excluding steroid dienone is 1. The van der Waals surface area contributed by atoms with Crippen LogP contribution in [0.3, 0.4) is 0 Å². The molecule has 0 aliphatic carbocycles. The average molecular weight is 454 g/mol. The molecule has 6 rings (SSSR count). The fourth-order valence-corrected chi connectivity index (χ4v) is 5.78. The van der Waals surface area contributed by atoms with Crippen molar-refractivity contribution in [2.75, 3.05) is 0 Å². The molecule has 1 heterocycles. The van der Waals surface area contributed by atoms with Crippen LogP contribution in [0.4, 0.5) is 0 Å². The molecule has 1 aromatic heterocycles. The van der Waals surface area contributed by atoms with E-state index in [0.717, 1.165) is 17.7 Å². The number of fused-ring (bicyclic) bond motifs is 4. The highest BCUT2D eigenvalue weighted by molar-refractivity contribution is 7.25. The number of thiophene rings is 1. The van der Waals surface area contributed by atoms with Crippen LogP contribution in [-0.4, -0.2) is 6.72 Å². The van der Waals surface area contributed by atoms with Crippen LogP contribution in [0.25, 0.3) is 47.8 Å². The summed E-state index contributed by atoms with van der Waals surface area (Å²) in [6, 6.07) is 39.1. The lowest BCUT2D eigenvalue weighted by molar-refractivity contribution is 1.26. The minimum Gasteiger partial charge on any atom is -0.264 e. The highest BCUT2D eigenvalue weighted by Crippen LogP contribution is 2.38. The van der Waals surface area contributed by atoms with Crippen molar-refractivity contribution in [3.05, 3.63) is 126 Å². The molecule has 0 radical (unpaired) electrons. The predicted molar refractivity (Wildman–Crippen MR) is 150 cm³/mol. The number of benzene rings is 5. The summed E-state index contributed by atoms with van der Waals surface area (Å²) in [6.07, 6.45) is 2.99. The molecule has 0 bridgehead atoms. The summed E-state index contributed by atoms with van der Waals surface area (Å²) < 4.78 is 2.65. The molecule has 162 valence electrons. The van der Waals surface area contributed by atoms with Crippen LogP contribution in [-0.2, 0) is 6.42 Å². The Bertz CT molecular complexity index is 1690. The highest BCUT2D eigenvalue weighted by Gasteiger charge is 2.09. The summed E-state index contributed by atoms with van der Waals surface area (Å²) in [5.41, 5.74) is 5.68. The smallest absolute Gasteiger partial charge is 0.0658 e. The fourth-order valence-electron chi connectivity index (χ4n) is 4.60. The van der Waals surface area contributed by atoms with Crippen LogP contribution < -0.4 is 0 Å². The Hall–Kier alpha value is -4.01. The first-order valence-corrected chi connectivity index (χ1v) is 12.3. The van der Waals surface area contributed by atoms with E-state index in [4.69, 9.17) is 0 Å². The van der Waals surface area contributed by atoms with Crippen LogP contribution in [0, 0.1) is 0 Å². The first-order valence-electron chi connectivity index (χ1n) is 11.5. The highest BCUT2D eigenvalue weighted by atomic mass is 32.1. The minimum atomic E-state index is 0.835. The Morgan fingerprint density at radius 2 is 1.41 bits per heavy atom. The summed E-state index contributed by atoms with van der Waals surface area (Å²) in [7, 11) is 0. The van der Waals surface area contributed by atoms with Crippen molar-refractivity contribution < 1.29 is 0 Å². The Labute approximate surface area is 203 Å². The third kappa shape index (κ3) is 3.83. The molecule has 34 heavy (non-hydrogen) atoms. The maximum atomic E-state index is 4.33. The normalized spacial score (nSPS) is 11.9. The van der Waals surface area contributed by atoms with Gasteiger partial charge < -0.3 is 0 Å². The predicted octanol–water partition coefficient (Wildman–Crippen LogP) is 9.16. The lowest BCUT2D eigenvalue weighted by atomic mass is 9.99. The third-order valence-corrected chi connectivity index (χ3v) is 7.49. The molecule has 0 saturated heterocycles. The van der Waals surface area contributed by atoms with E-state index >= 15 is 0 Å². The van der Waals surface area contributed by atoms with Crippen LogP contribution in [0.2, 0.25) is 0 Å². The SMILES string of the molecule is C=N/C(=C\Cc1ccccc1)c1cccc(-c2ccc3c(c2)sc2cc4ccccc4cc23)c1. The molecule has 0 aliphatic heterocycles. The Kier molecular flexibility index (Phi) is 5.29. The van der Waals surface area contributed by atoms with E-state index in [1.165, 1.54) is 47.6 Å². The monoisotopic (exact) mass is 453 g/mol. The molecular formula is C32H23NS. The number of rotatable bonds is 5. The largest absolute Gasteiger partial charge is 0.264 e. The fraction of sp³-hybridized carbons (Fsp3) is 0.0312. The van der Waals surface area contributed by atoms with E-state index in [2.05, 4.69) is 121 Å². The zero-order chi connectivity index (χ0) is 22.9. The summed E-state index contributed by atoms with van der Waals surface area (Å²) >= 11 is 1.87. The molecule has 0 aliphatic rings. The van der Waals surface area contributed by atoms with Crippen molar-refractivity contribution in [2.45, 2.75) is 6.42 Å². The first-order chi connectivity index (χ1) is 16.8. The lowest BCUT2D eigenvalue weighted by Gasteiger charge is -2.07. The number of hydrogen-bond donors (Lipinski definition) is 0. The van der Waals surface area contributed by atoms with Crippen LogP contribution in [0.15, 0.2) is 120 Å². The standard InChI is InChI=1S/C32H23NS/c1-33-30(17-14-22-8-3-2-4-9-22)27-13-7-12-23(18-27)26-15-16-28-29-19-24-10-5-6-11-25(24)20-32(29)34-31(28)21-26/h2-13,15-21H,1,14H2/b30-17-. The maximum absolute atomic E-state index is 4.33. The molecule has 0 saturated carbocycles. The lowest BCUT2D eigenvalue weighted by Crippen LogP contribution is -1.86. The molecular weight excluding hydrogens is 430 g/mol. The van der Waals surface area contributed by atoms with Crippen molar-refractivity contribution in [3.8, 4) is 11.1 Å². The number of hydrogen-bond acceptors (Lipinski definition) is 2. The van der Waals surface area contributed by atoms with Gasteiger partial charge >= 0.3 is 0 Å². The molecule has 1 nitrogen and oxygen atoms in total. The summed E-state index contributed by atoms with van der Waals surface area (Å²) in [5.74, 6) is 0. The summed E-state index contributed by atoms with van der Waals surface area (Å²) in [6.45, 7) is 3.82. The van der Waals surface area contributed by atoms with Crippen molar-refractivity contribution in [1.82, 2.24) is 0 Å². The quantitative estimate of drug-likeness (QED) is 0.231. The first kappa shape index (κ1) is 20.6. The second kappa shape index (κ2) is 8.74. The Balaban J connectivity index is 1.38. The summed E-state index contributed by atoms with van der Waals surface area (Å²) in [4.78, 5) is 4.33. The van der Waals surface area contributed by atoms with E-state index < -0.39 is 0 Å². The van der Waals surface area contributed by atoms with Crippen LogP contribution in [0.1, 0.15) is 11.1 Å². The van der Waals surface area contributed by atoms with E-state index in [1.807, 2.05) is 17.4 Å². The third-order valence-electron chi connectivity index (χ3n) is 6.38. The van der Waals surface area contributed by atoms with Gasteiger partial charge in [0.05, 0.1) is 5.70 Å². The number of aliphatic imine (C=N–C) groups is 1. The van der Waals surface area contributed by atoms with E-state index in [0.29, 0.717) is 0 Å². The van der Waals surface area contributed by atoms with E-state index in [-0.39, 0.29) is 0 Å². The molecule has 0 unspecified atom stereocenters. The molecule has 5 aromatic carbocycles. The minimum absolute atomic E-state index is 0.835. The van der Waals surface area contributed by atoms with Gasteiger partial charge in [-0.15, -0.1) is 11.3 Å². The van der Waals surface area contributed by atoms with E-state index in [9.17, 15) is 0 Å². The van der Waals surface area contributed by atoms with Crippen molar-refractivity contribution in [3.63, 3.8) is 0 Å². The zero-order valence-corrected chi connectivity index (χ0v) is 19.6. The van der Waals surface area contributed by atoms with Crippen molar-refractivity contribution in [2.24, 2.45) is 4.99 Å². The van der Waals surface area contributed by atoms with Gasteiger partial charge in [0.25, 0.3) is 0 Å². The molecule has 2 heteroatoms. The molecule has 6 aromatic rings. The molecule has 0 atom stereocenters. The average Bonchev–Trinajstić information content (AvgIpc) is 3.25. The van der Waals surface area contributed by atoms with Gasteiger partial charge in [-0.1, -0.05) is 91.0 Å². The molecule has 0 fully saturated rings. The molecule has 0 N–H and O–H groups in total. The Morgan fingerprint density at radius 1 is 0.676 bits per heavy atom. The van der Waals surface area contributed by atoms with Gasteiger partial charge in [-0.2, -0.15) is 0 Å². The van der Waals surface area contributed by atoms with Gasteiger partial charge in [-0.05, 0) is 64.9 Å². The van der Waals surface area contributed by atoms with Gasteiger partial charge in [-0.3, -0.25) is 4.99 Å². The topological polar surface area (TPSA) is 12.4 Å².